The van der Waals surface area contributed by atoms with Gasteiger partial charge in [-0.05, 0) is 53.7 Å². The zero-order valence-corrected chi connectivity index (χ0v) is 12.3. The summed E-state index contributed by atoms with van der Waals surface area (Å²) in [5.41, 5.74) is 0. The third kappa shape index (κ3) is 2.56. The van der Waals surface area contributed by atoms with Gasteiger partial charge in [0.05, 0.1) is 4.90 Å². The molecule has 3 nitrogen and oxygen atoms in total. The highest BCUT2D eigenvalue weighted by atomic mass is 79.9. The molecule has 5 heteroatoms. The van der Waals surface area contributed by atoms with Crippen molar-refractivity contribution in [3.8, 4) is 0 Å². The minimum absolute atomic E-state index is 0.0760. The van der Waals surface area contributed by atoms with Crippen LogP contribution < -0.4 is 0 Å². The molecular weight excluding hydrogens is 302 g/mol. The van der Waals surface area contributed by atoms with Crippen LogP contribution in [-0.4, -0.2) is 25.8 Å². The number of halogens is 1. The summed E-state index contributed by atoms with van der Waals surface area (Å²) in [4.78, 5) is 0.343. The Hall–Kier alpha value is -0.390. The third-order valence-corrected chi connectivity index (χ3v) is 6.33. The van der Waals surface area contributed by atoms with Crippen LogP contribution >= 0.6 is 15.9 Å². The van der Waals surface area contributed by atoms with E-state index in [2.05, 4.69) is 15.9 Å². The number of nitrogens with zero attached hydrogens (tertiary/aromatic N) is 1. The van der Waals surface area contributed by atoms with Crippen molar-refractivity contribution in [2.24, 2.45) is 5.92 Å². The fraction of sp³-hybridized carbons (Fsp3) is 0.500. The highest BCUT2D eigenvalue weighted by molar-refractivity contribution is 9.10. The summed E-state index contributed by atoms with van der Waals surface area (Å²) >= 11 is 3.30. The van der Waals surface area contributed by atoms with Crippen LogP contribution in [0.3, 0.4) is 0 Å². The average Bonchev–Trinajstić information content (AvgIpc) is 3.11. The van der Waals surface area contributed by atoms with E-state index in [0.717, 1.165) is 12.8 Å². The van der Waals surface area contributed by atoms with Gasteiger partial charge in [-0.3, -0.25) is 0 Å². The quantitative estimate of drug-likeness (QED) is 0.856. The molecule has 2 rings (SSSR count). The zero-order valence-electron chi connectivity index (χ0n) is 9.93. The first-order chi connectivity index (χ1) is 7.94. The molecule has 0 radical (unpaired) electrons. The number of benzene rings is 1. The maximum absolute atomic E-state index is 12.4. The first kappa shape index (κ1) is 13.1. The molecule has 17 heavy (non-hydrogen) atoms. The van der Waals surface area contributed by atoms with Crippen molar-refractivity contribution in [3.05, 3.63) is 28.7 Å². The molecule has 0 aromatic heterocycles. The number of rotatable bonds is 4. The second kappa shape index (κ2) is 4.71. The molecule has 1 aliphatic carbocycles. The first-order valence-corrected chi connectivity index (χ1v) is 7.90. The average molecular weight is 318 g/mol. The summed E-state index contributed by atoms with van der Waals surface area (Å²) in [5, 5.41) is 0. The van der Waals surface area contributed by atoms with E-state index in [0.29, 0.717) is 15.3 Å². The summed E-state index contributed by atoms with van der Waals surface area (Å²) in [6.45, 7) is 1.98. The van der Waals surface area contributed by atoms with Crippen LogP contribution in [0.2, 0.25) is 0 Å². The van der Waals surface area contributed by atoms with Gasteiger partial charge in [0.2, 0.25) is 10.0 Å². The number of sulfonamides is 1. The summed E-state index contributed by atoms with van der Waals surface area (Å²) in [7, 11) is -1.72. The van der Waals surface area contributed by atoms with Crippen molar-refractivity contribution in [1.29, 1.82) is 0 Å². The van der Waals surface area contributed by atoms with Crippen LogP contribution in [0.4, 0.5) is 0 Å². The fourth-order valence-corrected chi connectivity index (χ4v) is 4.29. The van der Waals surface area contributed by atoms with E-state index in [-0.39, 0.29) is 6.04 Å². The fourth-order valence-electron chi connectivity index (χ4n) is 1.90. The molecule has 0 saturated heterocycles. The molecule has 0 spiro atoms. The molecule has 0 N–H and O–H groups in total. The van der Waals surface area contributed by atoms with Crippen molar-refractivity contribution in [2.45, 2.75) is 30.7 Å². The van der Waals surface area contributed by atoms with Gasteiger partial charge >= 0.3 is 0 Å². The lowest BCUT2D eigenvalue weighted by Crippen LogP contribution is -2.36. The lowest BCUT2D eigenvalue weighted by Gasteiger charge is -2.24. The summed E-state index contributed by atoms with van der Waals surface area (Å²) in [5.74, 6) is 0.525. The van der Waals surface area contributed by atoms with Gasteiger partial charge in [0, 0.05) is 17.6 Å². The Morgan fingerprint density at radius 3 is 2.47 bits per heavy atom. The molecule has 1 aliphatic rings. The summed E-state index contributed by atoms with van der Waals surface area (Å²) in [6.07, 6.45) is 2.27. The molecule has 1 fully saturated rings. The van der Waals surface area contributed by atoms with Crippen LogP contribution in [0.1, 0.15) is 19.8 Å². The Morgan fingerprint density at radius 2 is 1.94 bits per heavy atom. The molecule has 94 valence electrons. The predicted molar refractivity (Wildman–Crippen MR) is 71.3 cm³/mol. The highest BCUT2D eigenvalue weighted by Crippen LogP contribution is 2.37. The Kier molecular flexibility index (Phi) is 3.61. The molecule has 1 saturated carbocycles. The van der Waals surface area contributed by atoms with E-state index in [1.54, 1.807) is 25.2 Å². The molecular formula is C12H16BrNO2S. The van der Waals surface area contributed by atoms with Gasteiger partial charge < -0.3 is 0 Å². The van der Waals surface area contributed by atoms with E-state index in [9.17, 15) is 8.42 Å². The normalized spacial score (nSPS) is 18.4. The highest BCUT2D eigenvalue weighted by Gasteiger charge is 2.36. The van der Waals surface area contributed by atoms with Gasteiger partial charge in [0.15, 0.2) is 0 Å². The first-order valence-electron chi connectivity index (χ1n) is 5.67. The lowest BCUT2D eigenvalue weighted by atomic mass is 10.2. The second-order valence-corrected chi connectivity index (χ2v) is 7.35. The Balaban J connectivity index is 2.32. The zero-order chi connectivity index (χ0) is 12.6. The van der Waals surface area contributed by atoms with Crippen molar-refractivity contribution < 1.29 is 8.42 Å². The number of hydrogen-bond acceptors (Lipinski definition) is 2. The van der Waals surface area contributed by atoms with Crippen molar-refractivity contribution in [2.75, 3.05) is 7.05 Å². The minimum Gasteiger partial charge on any atom is -0.207 e. The smallest absolute Gasteiger partial charge is 0.207 e. The monoisotopic (exact) mass is 317 g/mol. The summed E-state index contributed by atoms with van der Waals surface area (Å²) in [6, 6.07) is 7.02. The molecule has 1 aromatic rings. The van der Waals surface area contributed by atoms with Gasteiger partial charge in [-0.15, -0.1) is 0 Å². The Labute approximate surface area is 111 Å². The van der Waals surface area contributed by atoms with E-state index >= 15 is 0 Å². The van der Waals surface area contributed by atoms with Crippen LogP contribution in [0.25, 0.3) is 0 Å². The predicted octanol–water partition coefficient (Wildman–Crippen LogP) is 2.87. The van der Waals surface area contributed by atoms with Crippen LogP contribution in [-0.2, 0) is 10.0 Å². The molecule has 0 amide bonds. The molecule has 1 aromatic carbocycles. The number of hydrogen-bond donors (Lipinski definition) is 0. The van der Waals surface area contributed by atoms with E-state index < -0.39 is 10.0 Å². The Morgan fingerprint density at radius 1 is 1.35 bits per heavy atom. The van der Waals surface area contributed by atoms with Gasteiger partial charge in [0.1, 0.15) is 0 Å². The largest absolute Gasteiger partial charge is 0.244 e. The van der Waals surface area contributed by atoms with Crippen molar-refractivity contribution >= 4 is 26.0 Å². The topological polar surface area (TPSA) is 37.4 Å². The maximum Gasteiger partial charge on any atom is 0.244 e. The van der Waals surface area contributed by atoms with Gasteiger partial charge in [-0.25, -0.2) is 8.42 Å². The van der Waals surface area contributed by atoms with Crippen LogP contribution in [0, 0.1) is 5.92 Å². The third-order valence-electron chi connectivity index (χ3n) is 3.37. The molecule has 0 aliphatic heterocycles. The Bertz CT molecular complexity index is 511. The van der Waals surface area contributed by atoms with Crippen molar-refractivity contribution in [3.63, 3.8) is 0 Å². The summed E-state index contributed by atoms with van der Waals surface area (Å²) < 4.78 is 27.0. The standard InChI is InChI=1S/C12H16BrNO2S/c1-9(10-7-8-10)14(2)17(15,16)12-6-4-3-5-11(12)13/h3-6,9-10H,7-8H2,1-2H3. The second-order valence-electron chi connectivity index (χ2n) is 4.53. The minimum atomic E-state index is -3.39. The molecule has 1 unspecified atom stereocenters. The SMILES string of the molecule is CC(C1CC1)N(C)S(=O)(=O)c1ccccc1Br. The van der Waals surface area contributed by atoms with E-state index in [1.165, 1.54) is 4.31 Å². The van der Waals surface area contributed by atoms with Crippen LogP contribution in [0.5, 0.6) is 0 Å². The molecule has 0 bridgehead atoms. The van der Waals surface area contributed by atoms with Crippen LogP contribution in [0.15, 0.2) is 33.6 Å². The van der Waals surface area contributed by atoms with E-state index in [1.807, 2.05) is 13.0 Å². The van der Waals surface area contributed by atoms with Gasteiger partial charge in [-0.2, -0.15) is 4.31 Å². The molecule has 0 heterocycles. The van der Waals surface area contributed by atoms with E-state index in [4.69, 9.17) is 0 Å². The van der Waals surface area contributed by atoms with Gasteiger partial charge in [0.25, 0.3) is 0 Å². The maximum atomic E-state index is 12.4. The molecule has 1 atom stereocenters. The van der Waals surface area contributed by atoms with Gasteiger partial charge in [-0.1, -0.05) is 12.1 Å². The van der Waals surface area contributed by atoms with Crippen molar-refractivity contribution in [1.82, 2.24) is 4.31 Å². The lowest BCUT2D eigenvalue weighted by molar-refractivity contribution is 0.357.